The molecular formula is C19H20N2. The predicted molar refractivity (Wildman–Crippen MR) is 87.4 cm³/mol. The van der Waals surface area contributed by atoms with Crippen LogP contribution in [0.2, 0.25) is 0 Å². The molecule has 0 aliphatic carbocycles. The van der Waals surface area contributed by atoms with Crippen molar-refractivity contribution >= 4 is 0 Å². The van der Waals surface area contributed by atoms with Crippen molar-refractivity contribution in [1.29, 1.82) is 0 Å². The number of hydrogen-bond donors (Lipinski definition) is 1. The van der Waals surface area contributed by atoms with Crippen molar-refractivity contribution in [2.45, 2.75) is 26.2 Å². The molecule has 21 heavy (non-hydrogen) atoms. The van der Waals surface area contributed by atoms with Crippen LogP contribution in [0.25, 0.3) is 11.3 Å². The Morgan fingerprint density at radius 3 is 2.14 bits per heavy atom. The predicted octanol–water partition coefficient (Wildman–Crippen LogP) is 4.79. The minimum absolute atomic E-state index is 0.439. The second-order valence-corrected chi connectivity index (χ2v) is 5.65. The number of nitrogens with one attached hydrogen (secondary N) is 1. The molecule has 2 heteroatoms. The minimum atomic E-state index is 0.439. The average Bonchev–Trinajstić information content (AvgIpc) is 2.93. The van der Waals surface area contributed by atoms with Gasteiger partial charge in [-0.25, -0.2) is 0 Å². The Bertz CT molecular complexity index is 697. The van der Waals surface area contributed by atoms with Crippen molar-refractivity contribution in [3.8, 4) is 11.3 Å². The zero-order chi connectivity index (χ0) is 14.7. The Kier molecular flexibility index (Phi) is 3.87. The van der Waals surface area contributed by atoms with Gasteiger partial charge in [0.2, 0.25) is 0 Å². The van der Waals surface area contributed by atoms with Crippen molar-refractivity contribution in [2.24, 2.45) is 0 Å². The second-order valence-electron chi connectivity index (χ2n) is 5.65. The van der Waals surface area contributed by atoms with E-state index in [1.54, 1.807) is 0 Å². The van der Waals surface area contributed by atoms with Gasteiger partial charge in [0.05, 0.1) is 5.69 Å². The monoisotopic (exact) mass is 276 g/mol. The van der Waals surface area contributed by atoms with Crippen molar-refractivity contribution in [1.82, 2.24) is 10.2 Å². The molecule has 1 N–H and O–H groups in total. The van der Waals surface area contributed by atoms with Crippen LogP contribution in [-0.2, 0) is 6.42 Å². The van der Waals surface area contributed by atoms with E-state index in [2.05, 4.69) is 78.6 Å². The Labute approximate surface area is 125 Å². The molecule has 0 saturated heterocycles. The molecule has 0 bridgehead atoms. The summed E-state index contributed by atoms with van der Waals surface area (Å²) in [6, 6.07) is 21.0. The van der Waals surface area contributed by atoms with Gasteiger partial charge in [0, 0.05) is 23.2 Å². The van der Waals surface area contributed by atoms with Crippen molar-refractivity contribution < 1.29 is 0 Å². The van der Waals surface area contributed by atoms with Crippen molar-refractivity contribution in [2.75, 3.05) is 0 Å². The lowest BCUT2D eigenvalue weighted by Gasteiger charge is -2.09. The largest absolute Gasteiger partial charge is 0.281 e. The van der Waals surface area contributed by atoms with Crippen LogP contribution >= 0.6 is 0 Å². The Morgan fingerprint density at radius 1 is 0.905 bits per heavy atom. The van der Waals surface area contributed by atoms with Gasteiger partial charge < -0.3 is 0 Å². The van der Waals surface area contributed by atoms with E-state index in [0.29, 0.717) is 5.92 Å². The van der Waals surface area contributed by atoms with Gasteiger partial charge >= 0.3 is 0 Å². The summed E-state index contributed by atoms with van der Waals surface area (Å²) in [5.41, 5.74) is 6.10. The van der Waals surface area contributed by atoms with Crippen LogP contribution in [0.3, 0.4) is 0 Å². The first kappa shape index (κ1) is 13.6. The van der Waals surface area contributed by atoms with Gasteiger partial charge in [-0.2, -0.15) is 5.10 Å². The zero-order valence-corrected chi connectivity index (χ0v) is 12.5. The van der Waals surface area contributed by atoms with E-state index in [9.17, 15) is 0 Å². The first-order valence-corrected chi connectivity index (χ1v) is 7.42. The molecule has 2 aromatic carbocycles. The first-order chi connectivity index (χ1) is 10.3. The summed E-state index contributed by atoms with van der Waals surface area (Å²) in [5, 5.41) is 7.82. The van der Waals surface area contributed by atoms with E-state index in [1.807, 2.05) is 6.07 Å². The summed E-state index contributed by atoms with van der Waals surface area (Å²) in [7, 11) is 0. The van der Waals surface area contributed by atoms with E-state index < -0.39 is 0 Å². The lowest BCUT2D eigenvalue weighted by atomic mass is 9.95. The molecule has 1 heterocycles. The fourth-order valence-electron chi connectivity index (χ4n) is 2.67. The lowest BCUT2D eigenvalue weighted by Crippen LogP contribution is -1.97. The average molecular weight is 276 g/mol. The smallest absolute Gasteiger partial charge is 0.0958 e. The number of aromatic amines is 1. The molecule has 0 aliphatic heterocycles. The minimum Gasteiger partial charge on any atom is -0.281 e. The summed E-state index contributed by atoms with van der Waals surface area (Å²) >= 11 is 0. The molecule has 2 nitrogen and oxygen atoms in total. The van der Waals surface area contributed by atoms with Gasteiger partial charge in [-0.05, 0) is 11.5 Å². The van der Waals surface area contributed by atoms with Gasteiger partial charge in [0.15, 0.2) is 0 Å². The Hall–Kier alpha value is -2.35. The van der Waals surface area contributed by atoms with Crippen LogP contribution in [0, 0.1) is 0 Å². The van der Waals surface area contributed by atoms with Crippen LogP contribution < -0.4 is 0 Å². The van der Waals surface area contributed by atoms with E-state index in [-0.39, 0.29) is 0 Å². The number of benzene rings is 2. The molecule has 0 amide bonds. The third kappa shape index (κ3) is 2.89. The van der Waals surface area contributed by atoms with E-state index >= 15 is 0 Å². The maximum absolute atomic E-state index is 4.58. The molecule has 3 rings (SSSR count). The molecule has 0 saturated carbocycles. The Morgan fingerprint density at radius 2 is 1.52 bits per heavy atom. The quantitative estimate of drug-likeness (QED) is 0.729. The highest BCUT2D eigenvalue weighted by Gasteiger charge is 2.17. The number of nitrogens with zero attached hydrogens (tertiary/aromatic N) is 1. The highest BCUT2D eigenvalue weighted by Crippen LogP contribution is 2.29. The molecular weight excluding hydrogens is 256 g/mol. The maximum Gasteiger partial charge on any atom is 0.0958 e. The van der Waals surface area contributed by atoms with Gasteiger partial charge in [-0.1, -0.05) is 74.5 Å². The van der Waals surface area contributed by atoms with Crippen LogP contribution in [0.4, 0.5) is 0 Å². The third-order valence-corrected chi connectivity index (χ3v) is 3.75. The summed E-state index contributed by atoms with van der Waals surface area (Å²) in [4.78, 5) is 0. The SMILES string of the molecule is CC(C)c1[nH]nc(-c2ccccc2)c1Cc1ccccc1. The molecule has 0 fully saturated rings. The third-order valence-electron chi connectivity index (χ3n) is 3.75. The molecule has 0 radical (unpaired) electrons. The summed E-state index contributed by atoms with van der Waals surface area (Å²) in [6.07, 6.45) is 0.912. The molecule has 0 unspecified atom stereocenters. The second kappa shape index (κ2) is 5.96. The van der Waals surface area contributed by atoms with E-state index in [1.165, 1.54) is 22.4 Å². The molecule has 0 spiro atoms. The number of H-pyrrole nitrogens is 1. The number of aromatic nitrogens is 2. The number of rotatable bonds is 4. The molecule has 0 aliphatic rings. The fraction of sp³-hybridized carbons (Fsp3) is 0.211. The van der Waals surface area contributed by atoms with Crippen LogP contribution in [-0.4, -0.2) is 10.2 Å². The van der Waals surface area contributed by atoms with Crippen LogP contribution in [0.15, 0.2) is 60.7 Å². The van der Waals surface area contributed by atoms with Crippen LogP contribution in [0.1, 0.15) is 36.6 Å². The highest BCUT2D eigenvalue weighted by molar-refractivity contribution is 5.64. The van der Waals surface area contributed by atoms with Crippen molar-refractivity contribution in [3.63, 3.8) is 0 Å². The van der Waals surface area contributed by atoms with Crippen molar-refractivity contribution in [3.05, 3.63) is 77.5 Å². The van der Waals surface area contributed by atoms with E-state index in [0.717, 1.165) is 12.1 Å². The normalized spacial score (nSPS) is 11.0. The van der Waals surface area contributed by atoms with Gasteiger partial charge in [-0.15, -0.1) is 0 Å². The standard InChI is InChI=1S/C19H20N2/c1-14(2)18-17(13-15-9-5-3-6-10-15)19(21-20-18)16-11-7-4-8-12-16/h3-12,14H,13H2,1-2H3,(H,20,21). The lowest BCUT2D eigenvalue weighted by molar-refractivity contribution is 0.799. The summed E-state index contributed by atoms with van der Waals surface area (Å²) in [5.74, 6) is 0.439. The highest BCUT2D eigenvalue weighted by atomic mass is 15.1. The topological polar surface area (TPSA) is 28.7 Å². The first-order valence-electron chi connectivity index (χ1n) is 7.42. The molecule has 1 aromatic heterocycles. The zero-order valence-electron chi connectivity index (χ0n) is 12.5. The van der Waals surface area contributed by atoms with Gasteiger partial charge in [0.25, 0.3) is 0 Å². The summed E-state index contributed by atoms with van der Waals surface area (Å²) in [6.45, 7) is 4.41. The van der Waals surface area contributed by atoms with Gasteiger partial charge in [-0.3, -0.25) is 5.10 Å². The van der Waals surface area contributed by atoms with E-state index in [4.69, 9.17) is 0 Å². The molecule has 0 atom stereocenters. The summed E-state index contributed by atoms with van der Waals surface area (Å²) < 4.78 is 0. The fourth-order valence-corrected chi connectivity index (χ4v) is 2.67. The van der Waals surface area contributed by atoms with Gasteiger partial charge in [0.1, 0.15) is 0 Å². The molecule has 106 valence electrons. The molecule has 3 aromatic rings. The number of hydrogen-bond acceptors (Lipinski definition) is 1. The maximum atomic E-state index is 4.58. The Balaban J connectivity index is 2.06. The van der Waals surface area contributed by atoms with Crippen LogP contribution in [0.5, 0.6) is 0 Å².